The molecule has 8 nitrogen and oxygen atoms in total. The molecule has 0 aliphatic carbocycles. The number of fused-ring (bicyclic) bond motifs is 1. The van der Waals surface area contributed by atoms with Crippen LogP contribution < -0.4 is 5.32 Å². The molecule has 0 saturated carbocycles. The number of nitrogens with zero attached hydrogens (tertiary/aromatic N) is 3. The highest BCUT2D eigenvalue weighted by molar-refractivity contribution is 5.78. The molecule has 1 saturated heterocycles. The van der Waals surface area contributed by atoms with Crippen molar-refractivity contribution in [3.05, 3.63) is 47.9 Å². The van der Waals surface area contributed by atoms with E-state index in [2.05, 4.69) is 16.0 Å². The predicted octanol–water partition coefficient (Wildman–Crippen LogP) is 3.49. The topological polar surface area (TPSA) is 115 Å². The molecule has 2 aromatic heterocycles. The Labute approximate surface area is 169 Å². The zero-order valence-electron chi connectivity index (χ0n) is 16.8. The molecule has 1 aliphatic rings. The number of carboxylic acid groups (broad SMARTS) is 1. The third-order valence-electron chi connectivity index (χ3n) is 5.53. The third-order valence-corrected chi connectivity index (χ3v) is 5.53. The molecule has 1 aromatic carbocycles. The normalized spacial score (nSPS) is 19.2. The number of furan rings is 1. The molecule has 1 amide bonds. The first-order chi connectivity index (χ1) is 13.5. The number of para-hydroxylation sites is 2. The molecule has 156 valence electrons. The molecule has 0 bridgehead atoms. The number of amides is 1. The van der Waals surface area contributed by atoms with Gasteiger partial charge in [-0.15, -0.1) is 0 Å². The highest BCUT2D eigenvalue weighted by Crippen LogP contribution is 2.26. The molecule has 0 radical (unpaired) electrons. The number of hydrogen-bond donors (Lipinski definition) is 2. The Morgan fingerprint density at radius 1 is 1.31 bits per heavy atom. The van der Waals surface area contributed by atoms with Crippen LogP contribution in [0.3, 0.4) is 0 Å². The van der Waals surface area contributed by atoms with Crippen molar-refractivity contribution in [1.29, 1.82) is 0 Å². The Bertz CT molecular complexity index is 980. The number of nitrogens with one attached hydrogen (secondary N) is 1. The Balaban J connectivity index is 0.00000240. The lowest BCUT2D eigenvalue weighted by molar-refractivity contribution is 0.102. The minimum Gasteiger partial charge on any atom is -0.465 e. The van der Waals surface area contributed by atoms with Gasteiger partial charge in [-0.25, -0.2) is 9.78 Å². The standard InChI is InChI=1S/C21H26N4O3.H2O/c1-3-16-12-15(10-11-24(16)21(26)27)22-20-23-18-6-4-5-7-19(18)25(20)13-17-9-8-14(2)28-17;/h4-9,15-16H,3,10-13H2,1-2H3,(H,22,23)(H,26,27);1H2. The highest BCUT2D eigenvalue weighted by Gasteiger charge is 2.31. The van der Waals surface area contributed by atoms with Crippen molar-refractivity contribution in [2.45, 2.75) is 51.7 Å². The van der Waals surface area contributed by atoms with Crippen molar-refractivity contribution in [3.8, 4) is 0 Å². The fourth-order valence-corrected chi connectivity index (χ4v) is 4.08. The van der Waals surface area contributed by atoms with E-state index in [1.54, 1.807) is 4.90 Å². The van der Waals surface area contributed by atoms with Crippen molar-refractivity contribution in [3.63, 3.8) is 0 Å². The fraction of sp³-hybridized carbons (Fsp3) is 0.429. The van der Waals surface area contributed by atoms with Crippen LogP contribution in [0.5, 0.6) is 0 Å². The maximum absolute atomic E-state index is 11.4. The molecule has 29 heavy (non-hydrogen) atoms. The Kier molecular flexibility index (Phi) is 6.12. The SMILES string of the molecule is CCC1CC(Nc2nc3ccccc3n2Cc2ccc(C)o2)CCN1C(=O)O.O. The molecular formula is C21H28N4O4. The van der Waals surface area contributed by atoms with E-state index in [4.69, 9.17) is 9.40 Å². The number of hydrogen-bond acceptors (Lipinski definition) is 4. The number of anilines is 1. The van der Waals surface area contributed by atoms with Crippen LogP contribution >= 0.6 is 0 Å². The molecule has 4 N–H and O–H groups in total. The molecular weight excluding hydrogens is 372 g/mol. The maximum atomic E-state index is 11.4. The minimum absolute atomic E-state index is 0. The van der Waals surface area contributed by atoms with Gasteiger partial charge < -0.3 is 29.8 Å². The molecule has 1 aliphatic heterocycles. The summed E-state index contributed by atoms with van der Waals surface area (Å²) in [5.74, 6) is 2.58. The smallest absolute Gasteiger partial charge is 0.407 e. The van der Waals surface area contributed by atoms with Crippen LogP contribution in [0.4, 0.5) is 10.7 Å². The first kappa shape index (κ1) is 20.7. The van der Waals surface area contributed by atoms with E-state index in [0.29, 0.717) is 13.1 Å². The predicted molar refractivity (Wildman–Crippen MR) is 111 cm³/mol. The number of rotatable bonds is 5. The van der Waals surface area contributed by atoms with Gasteiger partial charge in [0.15, 0.2) is 0 Å². The van der Waals surface area contributed by atoms with Gasteiger partial charge in [0.25, 0.3) is 0 Å². The number of imidazole rings is 1. The largest absolute Gasteiger partial charge is 0.465 e. The van der Waals surface area contributed by atoms with E-state index in [9.17, 15) is 9.90 Å². The number of piperidine rings is 1. The van der Waals surface area contributed by atoms with Gasteiger partial charge in [0, 0.05) is 18.6 Å². The molecule has 2 unspecified atom stereocenters. The summed E-state index contributed by atoms with van der Waals surface area (Å²) in [6.45, 7) is 5.12. The summed E-state index contributed by atoms with van der Waals surface area (Å²) in [5, 5.41) is 13.0. The van der Waals surface area contributed by atoms with Gasteiger partial charge in [-0.2, -0.15) is 0 Å². The van der Waals surface area contributed by atoms with Gasteiger partial charge in [0.1, 0.15) is 11.5 Å². The Morgan fingerprint density at radius 2 is 2.10 bits per heavy atom. The van der Waals surface area contributed by atoms with Crippen LogP contribution in [0.2, 0.25) is 0 Å². The third kappa shape index (κ3) is 4.22. The van der Waals surface area contributed by atoms with E-state index < -0.39 is 6.09 Å². The van der Waals surface area contributed by atoms with E-state index in [1.807, 2.05) is 44.2 Å². The number of aryl methyl sites for hydroxylation is 1. The van der Waals surface area contributed by atoms with Crippen LogP contribution in [0, 0.1) is 6.92 Å². The lowest BCUT2D eigenvalue weighted by Crippen LogP contribution is -2.48. The van der Waals surface area contributed by atoms with Crippen molar-refractivity contribution in [2.24, 2.45) is 0 Å². The Hall–Kier alpha value is -3.00. The number of aromatic nitrogens is 2. The second-order valence-corrected chi connectivity index (χ2v) is 7.43. The van der Waals surface area contributed by atoms with Gasteiger partial charge in [-0.3, -0.25) is 0 Å². The molecule has 3 heterocycles. The molecule has 1 fully saturated rings. The highest BCUT2D eigenvalue weighted by atomic mass is 16.4. The van der Waals surface area contributed by atoms with Crippen molar-refractivity contribution < 1.29 is 19.8 Å². The molecule has 4 rings (SSSR count). The summed E-state index contributed by atoms with van der Waals surface area (Å²) < 4.78 is 7.91. The lowest BCUT2D eigenvalue weighted by Gasteiger charge is -2.37. The minimum atomic E-state index is -0.828. The molecule has 8 heteroatoms. The van der Waals surface area contributed by atoms with Crippen LogP contribution in [0.25, 0.3) is 11.0 Å². The maximum Gasteiger partial charge on any atom is 0.407 e. The Morgan fingerprint density at radius 3 is 2.79 bits per heavy atom. The van der Waals surface area contributed by atoms with Crippen LogP contribution in [-0.4, -0.2) is 49.8 Å². The quantitative estimate of drug-likeness (QED) is 0.680. The fourth-order valence-electron chi connectivity index (χ4n) is 4.08. The average Bonchev–Trinajstić information content (AvgIpc) is 3.25. The second kappa shape index (κ2) is 8.57. The van der Waals surface area contributed by atoms with Crippen molar-refractivity contribution in [1.82, 2.24) is 14.5 Å². The van der Waals surface area contributed by atoms with E-state index in [-0.39, 0.29) is 17.6 Å². The number of carbonyl (C=O) groups is 1. The lowest BCUT2D eigenvalue weighted by atomic mass is 9.96. The summed E-state index contributed by atoms with van der Waals surface area (Å²) in [6, 6.07) is 12.2. The first-order valence-electron chi connectivity index (χ1n) is 9.82. The van der Waals surface area contributed by atoms with Crippen LogP contribution in [-0.2, 0) is 6.54 Å². The summed E-state index contributed by atoms with van der Waals surface area (Å²) >= 11 is 0. The van der Waals surface area contributed by atoms with Crippen LogP contribution in [0.15, 0.2) is 40.8 Å². The summed E-state index contributed by atoms with van der Waals surface area (Å²) in [5.41, 5.74) is 1.98. The molecule has 3 aromatic rings. The van der Waals surface area contributed by atoms with Gasteiger partial charge in [0.2, 0.25) is 5.95 Å². The van der Waals surface area contributed by atoms with E-state index >= 15 is 0 Å². The van der Waals surface area contributed by atoms with Gasteiger partial charge >= 0.3 is 6.09 Å². The van der Waals surface area contributed by atoms with Gasteiger partial charge in [-0.05, 0) is 50.5 Å². The van der Waals surface area contributed by atoms with Gasteiger partial charge in [0.05, 0.1) is 17.6 Å². The van der Waals surface area contributed by atoms with Gasteiger partial charge in [-0.1, -0.05) is 19.1 Å². The first-order valence-corrected chi connectivity index (χ1v) is 9.82. The monoisotopic (exact) mass is 400 g/mol. The zero-order chi connectivity index (χ0) is 19.7. The summed E-state index contributed by atoms with van der Waals surface area (Å²) in [7, 11) is 0. The number of benzene rings is 1. The average molecular weight is 400 g/mol. The molecule has 2 atom stereocenters. The summed E-state index contributed by atoms with van der Waals surface area (Å²) in [4.78, 5) is 17.8. The second-order valence-electron chi connectivity index (χ2n) is 7.43. The van der Waals surface area contributed by atoms with E-state index in [0.717, 1.165) is 47.8 Å². The molecule has 0 spiro atoms. The van der Waals surface area contributed by atoms with Crippen molar-refractivity contribution in [2.75, 3.05) is 11.9 Å². The van der Waals surface area contributed by atoms with E-state index in [1.165, 1.54) is 0 Å². The summed E-state index contributed by atoms with van der Waals surface area (Å²) in [6.07, 6.45) is 1.54. The van der Waals surface area contributed by atoms with Crippen molar-refractivity contribution >= 4 is 23.1 Å². The zero-order valence-corrected chi connectivity index (χ0v) is 16.8. The number of likely N-dealkylation sites (tertiary alicyclic amines) is 1. The van der Waals surface area contributed by atoms with Crippen LogP contribution in [0.1, 0.15) is 37.7 Å².